The first-order valence-electron chi connectivity index (χ1n) is 9.57. The van der Waals surface area contributed by atoms with Crippen molar-refractivity contribution in [3.8, 4) is 0 Å². The molecule has 1 unspecified atom stereocenters. The van der Waals surface area contributed by atoms with Crippen LogP contribution < -0.4 is 5.32 Å². The summed E-state index contributed by atoms with van der Waals surface area (Å²) in [5.41, 5.74) is 0.383. The summed E-state index contributed by atoms with van der Waals surface area (Å²) in [6.45, 7) is 2.45. The number of hydrogen-bond donors (Lipinski definition) is 1. The van der Waals surface area contributed by atoms with Crippen LogP contribution in [-0.2, 0) is 14.8 Å². The predicted molar refractivity (Wildman–Crippen MR) is 99.6 cm³/mol. The van der Waals surface area contributed by atoms with Gasteiger partial charge in [0, 0.05) is 31.8 Å². The molecule has 144 valence electrons. The molecule has 0 saturated carbocycles. The van der Waals surface area contributed by atoms with Gasteiger partial charge in [0.2, 0.25) is 10.0 Å². The normalized spacial score (nSPS) is 22.1. The summed E-state index contributed by atoms with van der Waals surface area (Å²) in [4.78, 5) is 12.6. The Kier molecular flexibility index (Phi) is 6.67. The zero-order valence-electron chi connectivity index (χ0n) is 15.2. The summed E-state index contributed by atoms with van der Waals surface area (Å²) in [6.07, 6.45) is 7.06. The molecule has 3 rings (SSSR count). The van der Waals surface area contributed by atoms with E-state index in [-0.39, 0.29) is 16.9 Å². The molecule has 0 radical (unpaired) electrons. The lowest BCUT2D eigenvalue weighted by molar-refractivity contribution is 0.0907. The van der Waals surface area contributed by atoms with Crippen molar-refractivity contribution in [2.45, 2.75) is 55.9 Å². The molecular formula is C19H28N2O4S. The Labute approximate surface area is 156 Å². The van der Waals surface area contributed by atoms with E-state index in [1.54, 1.807) is 22.5 Å². The molecule has 1 aromatic carbocycles. The number of benzene rings is 1. The molecule has 2 heterocycles. The second-order valence-corrected chi connectivity index (χ2v) is 8.96. The Morgan fingerprint density at radius 3 is 2.62 bits per heavy atom. The number of nitrogens with one attached hydrogen (secondary N) is 1. The Morgan fingerprint density at radius 2 is 1.92 bits per heavy atom. The van der Waals surface area contributed by atoms with Crippen LogP contribution in [0.25, 0.3) is 0 Å². The van der Waals surface area contributed by atoms with Crippen molar-refractivity contribution in [1.29, 1.82) is 0 Å². The number of carbonyl (C=O) groups is 1. The number of nitrogens with zero attached hydrogens (tertiary/aromatic N) is 1. The van der Waals surface area contributed by atoms with Gasteiger partial charge in [-0.2, -0.15) is 4.31 Å². The minimum atomic E-state index is -3.54. The first kappa shape index (κ1) is 19.3. The van der Waals surface area contributed by atoms with E-state index in [1.807, 2.05) is 0 Å². The van der Waals surface area contributed by atoms with E-state index >= 15 is 0 Å². The van der Waals surface area contributed by atoms with Crippen LogP contribution in [0.15, 0.2) is 29.2 Å². The van der Waals surface area contributed by atoms with Gasteiger partial charge in [-0.3, -0.25) is 4.79 Å². The van der Waals surface area contributed by atoms with E-state index in [1.165, 1.54) is 6.07 Å². The maximum atomic E-state index is 12.9. The molecule has 0 bridgehead atoms. The number of carbonyl (C=O) groups excluding carboxylic acids is 1. The maximum Gasteiger partial charge on any atom is 0.251 e. The smallest absolute Gasteiger partial charge is 0.251 e. The van der Waals surface area contributed by atoms with Crippen LogP contribution in [0.4, 0.5) is 0 Å². The van der Waals surface area contributed by atoms with Gasteiger partial charge in [0.25, 0.3) is 5.91 Å². The van der Waals surface area contributed by atoms with Crippen molar-refractivity contribution in [2.75, 3.05) is 26.2 Å². The summed E-state index contributed by atoms with van der Waals surface area (Å²) in [5.74, 6) is -0.240. The summed E-state index contributed by atoms with van der Waals surface area (Å²) in [7, 11) is -3.54. The van der Waals surface area contributed by atoms with Gasteiger partial charge in [0.15, 0.2) is 0 Å². The van der Waals surface area contributed by atoms with Gasteiger partial charge < -0.3 is 10.1 Å². The van der Waals surface area contributed by atoms with Crippen molar-refractivity contribution in [3.63, 3.8) is 0 Å². The van der Waals surface area contributed by atoms with E-state index in [2.05, 4.69) is 5.32 Å². The first-order valence-corrected chi connectivity index (χ1v) is 11.0. The van der Waals surface area contributed by atoms with Gasteiger partial charge >= 0.3 is 0 Å². The van der Waals surface area contributed by atoms with Gasteiger partial charge in [-0.25, -0.2) is 8.42 Å². The molecular weight excluding hydrogens is 352 g/mol. The Morgan fingerprint density at radius 1 is 1.15 bits per heavy atom. The molecule has 2 fully saturated rings. The molecule has 2 saturated heterocycles. The molecule has 1 amide bonds. The molecule has 26 heavy (non-hydrogen) atoms. The van der Waals surface area contributed by atoms with E-state index in [9.17, 15) is 13.2 Å². The lowest BCUT2D eigenvalue weighted by atomic mass is 10.1. The van der Waals surface area contributed by atoms with Crippen molar-refractivity contribution in [1.82, 2.24) is 9.62 Å². The first-order chi connectivity index (χ1) is 12.6. The topological polar surface area (TPSA) is 75.7 Å². The van der Waals surface area contributed by atoms with Gasteiger partial charge in [-0.05, 0) is 50.3 Å². The number of hydrogen-bond acceptors (Lipinski definition) is 4. The lowest BCUT2D eigenvalue weighted by Crippen LogP contribution is -2.32. The highest BCUT2D eigenvalue weighted by molar-refractivity contribution is 7.89. The average Bonchev–Trinajstić information content (AvgIpc) is 3.00. The molecule has 2 aliphatic heterocycles. The lowest BCUT2D eigenvalue weighted by Gasteiger charge is -2.20. The number of rotatable bonds is 6. The predicted octanol–water partition coefficient (Wildman–Crippen LogP) is 2.55. The molecule has 1 N–H and O–H groups in total. The van der Waals surface area contributed by atoms with Crippen LogP contribution in [0, 0.1) is 0 Å². The zero-order valence-corrected chi connectivity index (χ0v) is 16.0. The fourth-order valence-corrected chi connectivity index (χ4v) is 5.11. The minimum Gasteiger partial charge on any atom is -0.378 e. The third kappa shape index (κ3) is 4.84. The van der Waals surface area contributed by atoms with Crippen LogP contribution in [0.1, 0.15) is 55.3 Å². The Bertz CT molecular complexity index is 706. The summed E-state index contributed by atoms with van der Waals surface area (Å²) < 4.78 is 32.9. The zero-order chi connectivity index (χ0) is 18.4. The molecule has 0 aromatic heterocycles. The van der Waals surface area contributed by atoms with Gasteiger partial charge in [0.05, 0.1) is 11.0 Å². The monoisotopic (exact) mass is 380 g/mol. The third-order valence-corrected chi connectivity index (χ3v) is 6.97. The average molecular weight is 381 g/mol. The second-order valence-electron chi connectivity index (χ2n) is 7.03. The molecule has 1 aromatic rings. The highest BCUT2D eigenvalue weighted by Crippen LogP contribution is 2.21. The second kappa shape index (κ2) is 8.97. The Hall–Kier alpha value is -1.44. The van der Waals surface area contributed by atoms with Crippen LogP contribution in [0.5, 0.6) is 0 Å². The largest absolute Gasteiger partial charge is 0.378 e. The number of sulfonamides is 1. The van der Waals surface area contributed by atoms with Gasteiger partial charge in [0.1, 0.15) is 0 Å². The van der Waals surface area contributed by atoms with E-state index in [0.717, 1.165) is 51.6 Å². The van der Waals surface area contributed by atoms with Crippen LogP contribution in [0.2, 0.25) is 0 Å². The quantitative estimate of drug-likeness (QED) is 0.823. The van der Waals surface area contributed by atoms with Crippen LogP contribution in [0.3, 0.4) is 0 Å². The molecule has 2 aliphatic rings. The van der Waals surface area contributed by atoms with Crippen molar-refractivity contribution in [3.05, 3.63) is 29.8 Å². The standard InChI is InChI=1S/C19H28N2O4S/c22-19(20-11-10-17-8-6-14-25-17)16-7-5-9-18(15-16)26(23,24)21-12-3-1-2-4-13-21/h5,7,9,15,17H,1-4,6,8,10-14H2,(H,20,22). The van der Waals surface area contributed by atoms with E-state index in [4.69, 9.17) is 4.74 Å². The van der Waals surface area contributed by atoms with Crippen molar-refractivity contribution >= 4 is 15.9 Å². The van der Waals surface area contributed by atoms with E-state index in [0.29, 0.717) is 25.2 Å². The number of ether oxygens (including phenoxy) is 1. The summed E-state index contributed by atoms with van der Waals surface area (Å²) in [5, 5.41) is 2.87. The fraction of sp³-hybridized carbons (Fsp3) is 0.632. The Balaban J connectivity index is 1.63. The third-order valence-electron chi connectivity index (χ3n) is 5.07. The summed E-state index contributed by atoms with van der Waals surface area (Å²) in [6, 6.07) is 6.35. The number of amides is 1. The summed E-state index contributed by atoms with van der Waals surface area (Å²) >= 11 is 0. The molecule has 0 aliphatic carbocycles. The minimum absolute atomic E-state index is 0.200. The highest BCUT2D eigenvalue weighted by Gasteiger charge is 2.25. The molecule has 7 heteroatoms. The van der Waals surface area contributed by atoms with E-state index < -0.39 is 10.0 Å². The van der Waals surface area contributed by atoms with Gasteiger partial charge in [-0.15, -0.1) is 0 Å². The molecule has 0 spiro atoms. The van der Waals surface area contributed by atoms with Crippen molar-refractivity contribution in [2.24, 2.45) is 0 Å². The van der Waals surface area contributed by atoms with Gasteiger partial charge in [-0.1, -0.05) is 18.9 Å². The SMILES string of the molecule is O=C(NCCC1CCCO1)c1cccc(S(=O)(=O)N2CCCCCC2)c1. The maximum absolute atomic E-state index is 12.9. The fourth-order valence-electron chi connectivity index (χ4n) is 3.55. The van der Waals surface area contributed by atoms with Crippen LogP contribution in [-0.4, -0.2) is 51.0 Å². The molecule has 6 nitrogen and oxygen atoms in total. The molecule has 1 atom stereocenters. The highest BCUT2D eigenvalue weighted by atomic mass is 32.2. The van der Waals surface area contributed by atoms with Crippen molar-refractivity contribution < 1.29 is 17.9 Å². The van der Waals surface area contributed by atoms with Crippen LogP contribution >= 0.6 is 0 Å².